The molecule has 4 rings (SSSR count). The number of carboxylic acid groups (broad SMARTS) is 1. The summed E-state index contributed by atoms with van der Waals surface area (Å²) in [6.45, 7) is 0.478. The summed E-state index contributed by atoms with van der Waals surface area (Å²) in [5.74, 6) is 2.82. The van der Waals surface area contributed by atoms with Gasteiger partial charge in [-0.1, -0.05) is 97.1 Å². The zero-order valence-corrected chi connectivity index (χ0v) is 22.1. The second kappa shape index (κ2) is 16.3. The molecule has 0 bridgehead atoms. The van der Waals surface area contributed by atoms with Crippen LogP contribution in [0.3, 0.4) is 0 Å². The number of hydrogen-bond acceptors (Lipinski definition) is 8. The molecule has 0 heterocycles. The van der Waals surface area contributed by atoms with E-state index in [0.29, 0.717) is 11.5 Å². The normalized spacial score (nSPS) is 11.7. The number of benzene rings is 4. The van der Waals surface area contributed by atoms with Crippen molar-refractivity contribution in [1.29, 1.82) is 0 Å². The zero-order chi connectivity index (χ0) is 29.5. The van der Waals surface area contributed by atoms with Crippen molar-refractivity contribution in [2.45, 2.75) is 32.0 Å². The van der Waals surface area contributed by atoms with Crippen LogP contribution in [0.15, 0.2) is 109 Å². The zero-order valence-electron chi connectivity index (χ0n) is 22.1. The Labute approximate surface area is 237 Å². The van der Waals surface area contributed by atoms with Crippen LogP contribution in [0.25, 0.3) is 0 Å². The highest BCUT2D eigenvalue weighted by atomic mass is 16.5. The lowest BCUT2D eigenvalue weighted by Crippen LogP contribution is -2.45. The van der Waals surface area contributed by atoms with Gasteiger partial charge in [-0.3, -0.25) is 0 Å². The van der Waals surface area contributed by atoms with Gasteiger partial charge in [-0.2, -0.15) is 0 Å². The van der Waals surface area contributed by atoms with E-state index in [1.807, 2.05) is 66.7 Å². The number of hydrogen-bond donors (Lipinski definition) is 5. The van der Waals surface area contributed by atoms with E-state index in [0.717, 1.165) is 16.7 Å². The van der Waals surface area contributed by atoms with Crippen LogP contribution in [0.2, 0.25) is 0 Å². The van der Waals surface area contributed by atoms with Gasteiger partial charge in [-0.15, -0.1) is 0 Å². The van der Waals surface area contributed by atoms with Crippen molar-refractivity contribution in [2.75, 3.05) is 0 Å². The van der Waals surface area contributed by atoms with Crippen LogP contribution in [0.1, 0.15) is 28.4 Å². The van der Waals surface area contributed by atoms with Crippen molar-refractivity contribution in [2.24, 2.45) is 5.90 Å². The molecule has 4 aromatic rings. The smallest absolute Gasteiger partial charge is 0.408 e. The first-order chi connectivity index (χ1) is 20.0. The highest BCUT2D eigenvalue weighted by Crippen LogP contribution is 2.33. The highest BCUT2D eigenvalue weighted by molar-refractivity contribution is 5.80. The molecular weight excluding hydrogens is 528 g/mol. The quantitative estimate of drug-likeness (QED) is 0.156. The fraction of sp³-hybridized carbons (Fsp3) is 0.161. The van der Waals surface area contributed by atoms with Gasteiger partial charge in [0.05, 0.1) is 0 Å². The molecule has 0 aliphatic carbocycles. The molecule has 0 aliphatic heterocycles. The minimum atomic E-state index is -1.66. The van der Waals surface area contributed by atoms with Crippen molar-refractivity contribution in [1.82, 2.24) is 5.32 Å². The molecule has 0 saturated carbocycles. The molecule has 41 heavy (non-hydrogen) atoms. The number of alkyl carbamates (subject to hydrolysis) is 1. The first kappa shape index (κ1) is 30.6. The summed E-state index contributed by atoms with van der Waals surface area (Å²) in [5.41, 5.74) is 2.84. The molecular formula is C31H32N2O8. The highest BCUT2D eigenvalue weighted by Gasteiger charge is 2.31. The number of aliphatic carboxylic acids is 1. The van der Waals surface area contributed by atoms with Gasteiger partial charge < -0.3 is 34.9 Å². The first-order valence-corrected chi connectivity index (χ1v) is 12.6. The van der Waals surface area contributed by atoms with Gasteiger partial charge in [0.25, 0.3) is 0 Å². The Balaban J connectivity index is 0.00000226. The van der Waals surface area contributed by atoms with E-state index in [1.165, 1.54) is 12.1 Å². The Hall–Kier alpha value is -4.90. The summed E-state index contributed by atoms with van der Waals surface area (Å²) >= 11 is 0. The molecule has 0 spiro atoms. The van der Waals surface area contributed by atoms with Crippen molar-refractivity contribution in [3.05, 3.63) is 131 Å². The topological polar surface area (TPSA) is 161 Å². The maximum absolute atomic E-state index is 12.3. The Morgan fingerprint density at radius 3 is 1.63 bits per heavy atom. The van der Waals surface area contributed by atoms with E-state index in [1.54, 1.807) is 30.3 Å². The third-order valence-electron chi connectivity index (χ3n) is 5.85. The summed E-state index contributed by atoms with van der Waals surface area (Å²) in [4.78, 5) is 24.3. The van der Waals surface area contributed by atoms with E-state index in [2.05, 4.69) is 11.2 Å². The van der Waals surface area contributed by atoms with Crippen LogP contribution in [-0.2, 0) is 29.4 Å². The number of ether oxygens (including phenoxy) is 3. The molecule has 2 atom stereocenters. The first-order valence-electron chi connectivity index (χ1n) is 12.6. The summed E-state index contributed by atoms with van der Waals surface area (Å²) in [5, 5.41) is 29.4. The fourth-order valence-electron chi connectivity index (χ4n) is 3.77. The molecule has 0 radical (unpaired) electrons. The number of aliphatic hydroxyl groups excluding tert-OH is 1. The Bertz CT molecular complexity index is 1350. The molecule has 0 aliphatic rings. The third-order valence-corrected chi connectivity index (χ3v) is 5.85. The number of amides is 1. The molecule has 6 N–H and O–H groups in total. The Morgan fingerprint density at radius 2 is 1.15 bits per heavy atom. The van der Waals surface area contributed by atoms with E-state index in [9.17, 15) is 19.8 Å². The standard InChI is InChI=1S/C31H29NO7.H3NO/c33-29(28(30(34)35)32-31(36)39-21-24-14-8-3-9-15-24)25-16-17-26(37-19-22-10-4-1-5-11-22)27(18-25)38-20-23-12-6-2-7-13-23;1-2/h1-18,28-29,33H,19-21H2,(H,32,36)(H,34,35);2H,1H2/t28-,29?;/m1./s1. The molecule has 0 saturated heterocycles. The van der Waals surface area contributed by atoms with E-state index in [4.69, 9.17) is 19.4 Å². The van der Waals surface area contributed by atoms with Gasteiger partial charge in [0, 0.05) is 0 Å². The number of carbonyl (C=O) groups is 2. The minimum Gasteiger partial charge on any atom is -0.485 e. The van der Waals surface area contributed by atoms with Crippen LogP contribution in [0.5, 0.6) is 11.5 Å². The Morgan fingerprint density at radius 1 is 0.683 bits per heavy atom. The number of carboxylic acids is 1. The molecule has 1 amide bonds. The van der Waals surface area contributed by atoms with Crippen molar-refractivity contribution < 1.29 is 39.2 Å². The number of rotatable bonds is 12. The molecule has 10 heteroatoms. The lowest BCUT2D eigenvalue weighted by atomic mass is 10.0. The number of aliphatic hydroxyl groups is 1. The van der Waals surface area contributed by atoms with Gasteiger partial charge in [0.1, 0.15) is 25.9 Å². The van der Waals surface area contributed by atoms with Gasteiger partial charge in [-0.05, 0) is 34.4 Å². The SMILES string of the molecule is NO.O=C(N[C@@H](C(=O)O)C(O)c1ccc(OCc2ccccc2)c(OCc2ccccc2)c1)OCc1ccccc1. The second-order valence-corrected chi connectivity index (χ2v) is 8.72. The summed E-state index contributed by atoms with van der Waals surface area (Å²) in [7, 11) is 0. The molecule has 0 aromatic heterocycles. The maximum atomic E-state index is 12.3. The lowest BCUT2D eigenvalue weighted by Gasteiger charge is -2.22. The van der Waals surface area contributed by atoms with Gasteiger partial charge >= 0.3 is 12.1 Å². The summed E-state index contributed by atoms with van der Waals surface area (Å²) in [6, 6.07) is 31.1. The largest absolute Gasteiger partial charge is 0.485 e. The van der Waals surface area contributed by atoms with E-state index >= 15 is 0 Å². The predicted molar refractivity (Wildman–Crippen MR) is 150 cm³/mol. The molecule has 0 fully saturated rings. The lowest BCUT2D eigenvalue weighted by molar-refractivity contribution is -0.142. The summed E-state index contributed by atoms with van der Waals surface area (Å²) in [6.07, 6.45) is -2.55. The van der Waals surface area contributed by atoms with Crippen LogP contribution in [0.4, 0.5) is 4.79 Å². The Kier molecular flexibility index (Phi) is 12.2. The predicted octanol–water partition coefficient (Wildman–Crippen LogP) is 4.59. The molecule has 4 aromatic carbocycles. The maximum Gasteiger partial charge on any atom is 0.408 e. The third kappa shape index (κ3) is 9.66. The molecule has 214 valence electrons. The van der Waals surface area contributed by atoms with Crippen LogP contribution in [-0.4, -0.2) is 33.5 Å². The van der Waals surface area contributed by atoms with Crippen molar-refractivity contribution >= 4 is 12.1 Å². The van der Waals surface area contributed by atoms with Gasteiger partial charge in [0.15, 0.2) is 17.5 Å². The number of nitrogens with two attached hydrogens (primary N) is 1. The van der Waals surface area contributed by atoms with Crippen LogP contribution in [0, 0.1) is 0 Å². The average Bonchev–Trinajstić information content (AvgIpc) is 3.03. The van der Waals surface area contributed by atoms with Crippen molar-refractivity contribution in [3.63, 3.8) is 0 Å². The second-order valence-electron chi connectivity index (χ2n) is 8.72. The van der Waals surface area contributed by atoms with Crippen LogP contribution < -0.4 is 20.7 Å². The molecule has 10 nitrogen and oxygen atoms in total. The monoisotopic (exact) mass is 560 g/mol. The van der Waals surface area contributed by atoms with Gasteiger partial charge in [-0.25, -0.2) is 15.5 Å². The number of carbonyl (C=O) groups excluding carboxylic acids is 1. The fourth-order valence-corrected chi connectivity index (χ4v) is 3.77. The average molecular weight is 561 g/mol. The van der Waals surface area contributed by atoms with Gasteiger partial charge in [0.2, 0.25) is 0 Å². The van der Waals surface area contributed by atoms with E-state index in [-0.39, 0.29) is 25.4 Å². The molecule has 1 unspecified atom stereocenters. The minimum absolute atomic E-state index is 0.0416. The van der Waals surface area contributed by atoms with E-state index < -0.39 is 24.2 Å². The van der Waals surface area contributed by atoms with Crippen LogP contribution >= 0.6 is 0 Å². The number of nitrogens with one attached hydrogen (secondary N) is 1. The van der Waals surface area contributed by atoms with Crippen molar-refractivity contribution in [3.8, 4) is 11.5 Å². The summed E-state index contributed by atoms with van der Waals surface area (Å²) < 4.78 is 17.1.